The molecule has 0 saturated heterocycles. The minimum absolute atomic E-state index is 0.365. The molecule has 0 unspecified atom stereocenters. The first-order valence-electron chi connectivity index (χ1n) is 4.83. The van der Waals surface area contributed by atoms with E-state index < -0.39 is 5.97 Å². The van der Waals surface area contributed by atoms with E-state index in [1.54, 1.807) is 6.07 Å². The SMILES string of the molecule is Cc1cc2c(C)c(C)[nH]c2cc1C(=O)O. The molecule has 0 aliphatic carbocycles. The van der Waals surface area contributed by atoms with Gasteiger partial charge in [-0.25, -0.2) is 4.79 Å². The molecule has 0 aliphatic heterocycles. The number of nitrogens with one attached hydrogen (secondary N) is 1. The van der Waals surface area contributed by atoms with Gasteiger partial charge in [-0.15, -0.1) is 0 Å². The molecule has 78 valence electrons. The number of H-pyrrole nitrogens is 1. The Hall–Kier alpha value is -1.77. The van der Waals surface area contributed by atoms with Crippen LogP contribution in [0.5, 0.6) is 0 Å². The van der Waals surface area contributed by atoms with E-state index in [0.29, 0.717) is 5.56 Å². The Balaban J connectivity index is 2.82. The number of carboxylic acids is 1. The first-order valence-corrected chi connectivity index (χ1v) is 4.83. The molecule has 15 heavy (non-hydrogen) atoms. The number of rotatable bonds is 1. The second-order valence-electron chi connectivity index (χ2n) is 3.89. The molecule has 0 radical (unpaired) electrons. The van der Waals surface area contributed by atoms with Crippen LogP contribution in [0.4, 0.5) is 0 Å². The van der Waals surface area contributed by atoms with Crippen molar-refractivity contribution in [3.8, 4) is 0 Å². The summed E-state index contributed by atoms with van der Waals surface area (Å²) in [7, 11) is 0. The van der Waals surface area contributed by atoms with Gasteiger partial charge >= 0.3 is 5.97 Å². The summed E-state index contributed by atoms with van der Waals surface area (Å²) in [6, 6.07) is 3.63. The molecule has 3 nitrogen and oxygen atoms in total. The highest BCUT2D eigenvalue weighted by Crippen LogP contribution is 2.24. The number of aromatic amines is 1. The Labute approximate surface area is 87.7 Å². The van der Waals surface area contributed by atoms with Gasteiger partial charge in [0.25, 0.3) is 0 Å². The maximum Gasteiger partial charge on any atom is 0.336 e. The first-order chi connectivity index (χ1) is 7.00. The maximum absolute atomic E-state index is 10.9. The van der Waals surface area contributed by atoms with Gasteiger partial charge in [0.2, 0.25) is 0 Å². The van der Waals surface area contributed by atoms with Crippen molar-refractivity contribution in [2.75, 3.05) is 0 Å². The third-order valence-electron chi connectivity index (χ3n) is 2.88. The molecule has 1 aromatic carbocycles. The van der Waals surface area contributed by atoms with Gasteiger partial charge in [0, 0.05) is 16.6 Å². The van der Waals surface area contributed by atoms with Crippen molar-refractivity contribution in [3.63, 3.8) is 0 Å². The molecular weight excluding hydrogens is 190 g/mol. The molecule has 0 bridgehead atoms. The molecule has 0 saturated carbocycles. The Morgan fingerprint density at radius 3 is 2.53 bits per heavy atom. The molecule has 2 rings (SSSR count). The van der Waals surface area contributed by atoms with Crippen LogP contribution in [0.15, 0.2) is 12.1 Å². The third kappa shape index (κ3) is 1.40. The van der Waals surface area contributed by atoms with Crippen molar-refractivity contribution < 1.29 is 9.90 Å². The topological polar surface area (TPSA) is 53.1 Å². The predicted molar refractivity (Wildman–Crippen MR) is 59.5 cm³/mol. The Bertz CT molecular complexity index is 552. The maximum atomic E-state index is 10.9. The summed E-state index contributed by atoms with van der Waals surface area (Å²) in [6.45, 7) is 5.85. The fourth-order valence-electron chi connectivity index (χ4n) is 1.85. The number of benzene rings is 1. The zero-order valence-electron chi connectivity index (χ0n) is 9.01. The van der Waals surface area contributed by atoms with Gasteiger partial charge in [0.15, 0.2) is 0 Å². The highest BCUT2D eigenvalue weighted by atomic mass is 16.4. The summed E-state index contributed by atoms with van der Waals surface area (Å²) in [5.41, 5.74) is 4.34. The summed E-state index contributed by atoms with van der Waals surface area (Å²) >= 11 is 0. The number of aryl methyl sites for hydroxylation is 3. The standard InChI is InChI=1S/C12H13NO2/c1-6-4-10-7(2)8(3)13-11(10)5-9(6)12(14)15/h4-5,13H,1-3H3,(H,14,15). The smallest absolute Gasteiger partial charge is 0.336 e. The molecule has 2 aromatic rings. The zero-order chi connectivity index (χ0) is 11.2. The normalized spacial score (nSPS) is 10.9. The van der Waals surface area contributed by atoms with Crippen LogP contribution in [0.3, 0.4) is 0 Å². The number of fused-ring (bicyclic) bond motifs is 1. The quantitative estimate of drug-likeness (QED) is 0.748. The lowest BCUT2D eigenvalue weighted by Crippen LogP contribution is -1.99. The third-order valence-corrected chi connectivity index (χ3v) is 2.88. The van der Waals surface area contributed by atoms with Gasteiger partial charge in [0.05, 0.1) is 5.56 Å². The van der Waals surface area contributed by atoms with Crippen LogP contribution in [-0.4, -0.2) is 16.1 Å². The van der Waals surface area contributed by atoms with Crippen LogP contribution in [0.25, 0.3) is 10.9 Å². The number of carbonyl (C=O) groups is 1. The minimum atomic E-state index is -0.876. The average Bonchev–Trinajstić information content (AvgIpc) is 2.43. The van der Waals surface area contributed by atoms with Crippen molar-refractivity contribution in [2.45, 2.75) is 20.8 Å². The lowest BCUT2D eigenvalue weighted by atomic mass is 10.0. The molecule has 2 N–H and O–H groups in total. The van der Waals surface area contributed by atoms with Crippen LogP contribution in [0, 0.1) is 20.8 Å². The summed E-state index contributed by atoms with van der Waals surface area (Å²) in [5.74, 6) is -0.876. The van der Waals surface area contributed by atoms with E-state index in [-0.39, 0.29) is 0 Å². The fraction of sp³-hybridized carbons (Fsp3) is 0.250. The number of aromatic nitrogens is 1. The predicted octanol–water partition coefficient (Wildman–Crippen LogP) is 2.79. The first kappa shape index (κ1) is 9.77. The van der Waals surface area contributed by atoms with E-state index in [4.69, 9.17) is 5.11 Å². The molecule has 1 heterocycles. The second kappa shape index (κ2) is 3.12. The summed E-state index contributed by atoms with van der Waals surface area (Å²) in [6.07, 6.45) is 0. The molecule has 3 heteroatoms. The molecule has 0 amide bonds. The number of carboxylic acid groups (broad SMARTS) is 1. The molecule has 0 aliphatic rings. The van der Waals surface area contributed by atoms with Crippen LogP contribution < -0.4 is 0 Å². The Morgan fingerprint density at radius 1 is 1.27 bits per heavy atom. The molecular formula is C12H13NO2. The summed E-state index contributed by atoms with van der Waals surface area (Å²) in [5, 5.41) is 10.1. The molecule has 0 spiro atoms. The van der Waals surface area contributed by atoms with E-state index in [1.807, 2.05) is 26.8 Å². The van der Waals surface area contributed by atoms with Crippen molar-refractivity contribution in [3.05, 3.63) is 34.5 Å². The van der Waals surface area contributed by atoms with Gasteiger partial charge in [-0.1, -0.05) is 0 Å². The van der Waals surface area contributed by atoms with E-state index in [9.17, 15) is 4.79 Å². The van der Waals surface area contributed by atoms with E-state index in [2.05, 4.69) is 4.98 Å². The van der Waals surface area contributed by atoms with Gasteiger partial charge in [-0.3, -0.25) is 0 Å². The Kier molecular flexibility index (Phi) is 2.03. The van der Waals surface area contributed by atoms with Gasteiger partial charge in [-0.05, 0) is 44.0 Å². The van der Waals surface area contributed by atoms with Crippen LogP contribution in [0.1, 0.15) is 27.2 Å². The monoisotopic (exact) mass is 203 g/mol. The number of aromatic carboxylic acids is 1. The van der Waals surface area contributed by atoms with E-state index in [1.165, 1.54) is 5.56 Å². The van der Waals surface area contributed by atoms with Gasteiger partial charge < -0.3 is 10.1 Å². The number of hydrogen-bond donors (Lipinski definition) is 2. The molecule has 0 atom stereocenters. The lowest BCUT2D eigenvalue weighted by Gasteiger charge is -2.01. The van der Waals surface area contributed by atoms with Crippen LogP contribution >= 0.6 is 0 Å². The van der Waals surface area contributed by atoms with E-state index in [0.717, 1.165) is 22.2 Å². The second-order valence-corrected chi connectivity index (χ2v) is 3.89. The number of hydrogen-bond acceptors (Lipinski definition) is 1. The largest absolute Gasteiger partial charge is 0.478 e. The van der Waals surface area contributed by atoms with Crippen molar-refractivity contribution in [1.29, 1.82) is 0 Å². The Morgan fingerprint density at radius 2 is 1.93 bits per heavy atom. The lowest BCUT2D eigenvalue weighted by molar-refractivity contribution is 0.0696. The van der Waals surface area contributed by atoms with Crippen LogP contribution in [0.2, 0.25) is 0 Å². The zero-order valence-corrected chi connectivity index (χ0v) is 9.01. The van der Waals surface area contributed by atoms with Crippen molar-refractivity contribution in [1.82, 2.24) is 4.98 Å². The minimum Gasteiger partial charge on any atom is -0.478 e. The van der Waals surface area contributed by atoms with Gasteiger partial charge in [0.1, 0.15) is 0 Å². The van der Waals surface area contributed by atoms with Crippen molar-refractivity contribution in [2.24, 2.45) is 0 Å². The average molecular weight is 203 g/mol. The van der Waals surface area contributed by atoms with Gasteiger partial charge in [-0.2, -0.15) is 0 Å². The van der Waals surface area contributed by atoms with Crippen LogP contribution in [-0.2, 0) is 0 Å². The summed E-state index contributed by atoms with van der Waals surface area (Å²) in [4.78, 5) is 14.1. The fourth-order valence-corrected chi connectivity index (χ4v) is 1.85. The van der Waals surface area contributed by atoms with Crippen molar-refractivity contribution >= 4 is 16.9 Å². The summed E-state index contributed by atoms with van der Waals surface area (Å²) < 4.78 is 0. The highest BCUT2D eigenvalue weighted by Gasteiger charge is 2.11. The molecule has 1 aromatic heterocycles. The molecule has 0 fully saturated rings. The van der Waals surface area contributed by atoms with E-state index >= 15 is 0 Å². The highest BCUT2D eigenvalue weighted by molar-refractivity contribution is 5.96.